The van der Waals surface area contributed by atoms with Gasteiger partial charge < -0.3 is 15.1 Å². The van der Waals surface area contributed by atoms with Crippen molar-refractivity contribution in [2.24, 2.45) is 0 Å². The Bertz CT molecular complexity index is 769. The van der Waals surface area contributed by atoms with Gasteiger partial charge >= 0.3 is 0 Å². The van der Waals surface area contributed by atoms with Crippen LogP contribution in [0.5, 0.6) is 0 Å². The molecule has 0 bridgehead atoms. The van der Waals surface area contributed by atoms with E-state index in [0.717, 1.165) is 64.2 Å². The lowest BCUT2D eigenvalue weighted by atomic mass is 10.0. The Kier molecular flexibility index (Phi) is 18.0. The van der Waals surface area contributed by atoms with Gasteiger partial charge in [0.1, 0.15) is 5.82 Å². The Morgan fingerprint density at radius 3 is 1.90 bits per heavy atom. The first-order valence-electron chi connectivity index (χ1n) is 15.6. The summed E-state index contributed by atoms with van der Waals surface area (Å²) in [5.74, 6) is 0.944. The molecule has 1 fully saturated rings. The van der Waals surface area contributed by atoms with Gasteiger partial charge in [0.2, 0.25) is 0 Å². The Morgan fingerprint density at radius 1 is 0.872 bits per heavy atom. The number of amides is 1. The quantitative estimate of drug-likeness (QED) is 0.0960. The number of carbonyl (C=O) groups excluding carboxylic acids is 1. The highest BCUT2D eigenvalue weighted by atomic mass is 16.9. The molecule has 0 spiro atoms. The van der Waals surface area contributed by atoms with Crippen molar-refractivity contribution in [1.29, 1.82) is 0 Å². The van der Waals surface area contributed by atoms with E-state index in [4.69, 9.17) is 0 Å². The zero-order valence-electron chi connectivity index (χ0n) is 24.4. The van der Waals surface area contributed by atoms with E-state index in [-0.39, 0.29) is 12.5 Å². The van der Waals surface area contributed by atoms with Crippen molar-refractivity contribution in [3.05, 3.63) is 34.0 Å². The number of carbonyl (C=O) groups is 1. The summed E-state index contributed by atoms with van der Waals surface area (Å²) in [6, 6.07) is 3.88. The molecule has 1 saturated heterocycles. The van der Waals surface area contributed by atoms with E-state index in [1.165, 1.54) is 83.6 Å². The average molecular weight is 548 g/mol. The molecule has 0 unspecified atom stereocenters. The van der Waals surface area contributed by atoms with Crippen molar-refractivity contribution in [3.8, 4) is 0 Å². The van der Waals surface area contributed by atoms with Crippen molar-refractivity contribution in [1.82, 2.24) is 15.2 Å². The molecule has 1 aromatic rings. The fourth-order valence-corrected chi connectivity index (χ4v) is 5.19. The van der Waals surface area contributed by atoms with Crippen LogP contribution >= 0.6 is 0 Å². The summed E-state index contributed by atoms with van der Waals surface area (Å²) in [5.41, 5.74) is 0.642. The predicted molar refractivity (Wildman–Crippen MR) is 158 cm³/mol. The maximum atomic E-state index is 12.4. The molecule has 0 atom stereocenters. The number of anilines is 1. The van der Waals surface area contributed by atoms with Crippen LogP contribution in [0.3, 0.4) is 0 Å². The SMILES string of the molecule is CCCN1CCN(c2ccc(C(=O)NCCCCCCCCCCCCCCCCCO[N+](=O)[O-])cn2)CC1. The van der Waals surface area contributed by atoms with Gasteiger partial charge in [-0.2, -0.15) is 0 Å². The van der Waals surface area contributed by atoms with E-state index >= 15 is 0 Å². The molecule has 0 radical (unpaired) electrons. The number of nitrogens with one attached hydrogen (secondary N) is 1. The van der Waals surface area contributed by atoms with E-state index in [2.05, 4.69) is 31.9 Å². The summed E-state index contributed by atoms with van der Waals surface area (Å²) in [4.78, 5) is 36.2. The number of unbranched alkanes of at least 4 members (excludes halogenated alkanes) is 14. The summed E-state index contributed by atoms with van der Waals surface area (Å²) in [6.07, 6.45) is 21.0. The van der Waals surface area contributed by atoms with Gasteiger partial charge in [-0.25, -0.2) is 4.98 Å². The lowest BCUT2D eigenvalue weighted by molar-refractivity contribution is -0.757. The number of piperazine rings is 1. The maximum absolute atomic E-state index is 12.4. The number of pyridine rings is 1. The number of nitrogens with zero attached hydrogens (tertiary/aromatic N) is 4. The molecule has 1 aromatic heterocycles. The smallest absolute Gasteiger partial charge is 0.294 e. The molecule has 0 aromatic carbocycles. The first-order valence-corrected chi connectivity index (χ1v) is 15.6. The Hall–Kier alpha value is -2.42. The summed E-state index contributed by atoms with van der Waals surface area (Å²) in [5, 5.41) is 12.4. The third-order valence-corrected chi connectivity index (χ3v) is 7.55. The molecule has 1 aliphatic heterocycles. The molecule has 2 rings (SSSR count). The molecule has 1 aliphatic rings. The van der Waals surface area contributed by atoms with E-state index < -0.39 is 5.09 Å². The van der Waals surface area contributed by atoms with Crippen molar-refractivity contribution in [3.63, 3.8) is 0 Å². The number of aromatic nitrogens is 1. The summed E-state index contributed by atoms with van der Waals surface area (Å²) < 4.78 is 0. The lowest BCUT2D eigenvalue weighted by Crippen LogP contribution is -2.46. The highest BCUT2D eigenvalue weighted by Crippen LogP contribution is 2.15. The fourth-order valence-electron chi connectivity index (χ4n) is 5.19. The maximum Gasteiger partial charge on any atom is 0.294 e. The van der Waals surface area contributed by atoms with Crippen molar-refractivity contribution >= 4 is 11.7 Å². The zero-order chi connectivity index (χ0) is 28.0. The second kappa shape index (κ2) is 21.4. The van der Waals surface area contributed by atoms with Crippen LogP contribution in [0.4, 0.5) is 5.82 Å². The highest BCUT2D eigenvalue weighted by molar-refractivity contribution is 5.94. The highest BCUT2D eigenvalue weighted by Gasteiger charge is 2.17. The molecule has 0 saturated carbocycles. The molecule has 0 aliphatic carbocycles. The van der Waals surface area contributed by atoms with Crippen LogP contribution in [0.15, 0.2) is 18.3 Å². The minimum absolute atomic E-state index is 0.0240. The van der Waals surface area contributed by atoms with Gasteiger partial charge in [-0.15, -0.1) is 10.1 Å². The van der Waals surface area contributed by atoms with Crippen molar-refractivity contribution in [2.45, 2.75) is 110 Å². The number of hydrogen-bond acceptors (Lipinski definition) is 7. The van der Waals surface area contributed by atoms with E-state index in [0.29, 0.717) is 5.56 Å². The molecule has 1 amide bonds. The van der Waals surface area contributed by atoms with Crippen LogP contribution in [0.2, 0.25) is 0 Å². The first kappa shape index (κ1) is 32.8. The molecular formula is C30H53N5O4. The van der Waals surface area contributed by atoms with E-state index in [1.54, 1.807) is 6.20 Å². The molecule has 1 N–H and O–H groups in total. The minimum atomic E-state index is -0.711. The fraction of sp³-hybridized carbons (Fsp3) is 0.800. The minimum Gasteiger partial charge on any atom is -0.354 e. The molecule has 9 heteroatoms. The monoisotopic (exact) mass is 547 g/mol. The normalized spacial score (nSPS) is 13.9. The topological polar surface area (TPSA) is 101 Å². The second-order valence-electron chi connectivity index (χ2n) is 10.8. The second-order valence-corrected chi connectivity index (χ2v) is 10.8. The summed E-state index contributed by atoms with van der Waals surface area (Å²) >= 11 is 0. The van der Waals surface area contributed by atoms with Gasteiger partial charge in [0.05, 0.1) is 12.2 Å². The van der Waals surface area contributed by atoms with Crippen LogP contribution in [-0.2, 0) is 4.84 Å². The van der Waals surface area contributed by atoms with Crippen LogP contribution < -0.4 is 10.2 Å². The summed E-state index contributed by atoms with van der Waals surface area (Å²) in [6.45, 7) is 8.50. The van der Waals surface area contributed by atoms with Crippen LogP contribution in [0.1, 0.15) is 120 Å². The van der Waals surface area contributed by atoms with Gasteiger partial charge in [-0.05, 0) is 37.9 Å². The molecule has 2 heterocycles. The molecular weight excluding hydrogens is 494 g/mol. The largest absolute Gasteiger partial charge is 0.354 e. The predicted octanol–water partition coefficient (Wildman–Crippen LogP) is 6.40. The average Bonchev–Trinajstić information content (AvgIpc) is 2.94. The van der Waals surface area contributed by atoms with E-state index in [9.17, 15) is 14.9 Å². The van der Waals surface area contributed by atoms with Gasteiger partial charge in [0, 0.05) is 38.9 Å². The number of hydrogen-bond donors (Lipinski definition) is 1. The van der Waals surface area contributed by atoms with Crippen molar-refractivity contribution in [2.75, 3.05) is 50.8 Å². The molecule has 39 heavy (non-hydrogen) atoms. The van der Waals surface area contributed by atoms with Gasteiger partial charge in [-0.3, -0.25) is 9.69 Å². The third kappa shape index (κ3) is 15.7. The number of rotatable bonds is 23. The first-order chi connectivity index (χ1) is 19.1. The van der Waals surface area contributed by atoms with Gasteiger partial charge in [-0.1, -0.05) is 90.4 Å². The van der Waals surface area contributed by atoms with Crippen LogP contribution in [-0.4, -0.2) is 66.8 Å². The molecule has 222 valence electrons. The van der Waals surface area contributed by atoms with Gasteiger partial charge in [0.15, 0.2) is 0 Å². The van der Waals surface area contributed by atoms with Crippen molar-refractivity contribution < 1.29 is 14.7 Å². The summed E-state index contributed by atoms with van der Waals surface area (Å²) in [7, 11) is 0. The lowest BCUT2D eigenvalue weighted by Gasteiger charge is -2.35. The Balaban J connectivity index is 1.36. The molecule has 9 nitrogen and oxygen atoms in total. The Morgan fingerprint density at radius 2 is 1.41 bits per heavy atom. The van der Waals surface area contributed by atoms with Gasteiger partial charge in [0.25, 0.3) is 11.0 Å². The standard InChI is InChI=1S/C30H53N5O4/c1-2-21-33-22-24-34(25-23-33)29-19-18-28(27-32-29)30(36)31-20-16-14-12-10-8-6-4-3-5-7-9-11-13-15-17-26-39-35(37)38/h18-19,27H,2-17,20-26H2,1H3,(H,31,36). The third-order valence-electron chi connectivity index (χ3n) is 7.55. The van der Waals surface area contributed by atoms with Crippen LogP contribution in [0.25, 0.3) is 0 Å². The zero-order valence-corrected chi connectivity index (χ0v) is 24.4. The Labute approximate surface area is 236 Å². The van der Waals surface area contributed by atoms with Crippen LogP contribution in [0, 0.1) is 10.1 Å². The van der Waals surface area contributed by atoms with E-state index in [1.807, 2.05) is 12.1 Å².